The number of hydrogen-bond donors (Lipinski definition) is 2. The minimum absolute atomic E-state index is 0.0749. The minimum Gasteiger partial charge on any atom is -0.357 e. The van der Waals surface area contributed by atoms with E-state index in [1.807, 2.05) is 0 Å². The second-order valence-electron chi connectivity index (χ2n) is 7.43. The molecular weight excluding hydrogens is 312 g/mol. The number of aromatic nitrogens is 3. The van der Waals surface area contributed by atoms with Crippen molar-refractivity contribution in [2.45, 2.75) is 38.8 Å². The van der Waals surface area contributed by atoms with Crippen LogP contribution < -0.4 is 5.56 Å². The number of para-hydroxylation sites is 1. The van der Waals surface area contributed by atoms with Crippen LogP contribution in [0.15, 0.2) is 35.1 Å². The van der Waals surface area contributed by atoms with Gasteiger partial charge in [0, 0.05) is 42.8 Å². The third kappa shape index (κ3) is 3.00. The van der Waals surface area contributed by atoms with Crippen LogP contribution in [0.1, 0.15) is 35.6 Å². The molecule has 0 atom stereocenters. The summed E-state index contributed by atoms with van der Waals surface area (Å²) in [6, 6.07) is 10.6. The van der Waals surface area contributed by atoms with Gasteiger partial charge in [-0.25, -0.2) is 4.98 Å². The molecule has 0 saturated heterocycles. The van der Waals surface area contributed by atoms with E-state index in [1.54, 1.807) is 0 Å². The van der Waals surface area contributed by atoms with Gasteiger partial charge >= 0.3 is 0 Å². The monoisotopic (exact) mass is 334 g/mol. The van der Waals surface area contributed by atoms with E-state index in [-0.39, 0.29) is 5.56 Å². The first-order valence-electron chi connectivity index (χ1n) is 9.14. The van der Waals surface area contributed by atoms with Crippen molar-refractivity contribution in [2.24, 2.45) is 5.92 Å². The van der Waals surface area contributed by atoms with Gasteiger partial charge in [-0.15, -0.1) is 0 Å². The third-order valence-corrected chi connectivity index (χ3v) is 5.36. The molecular formula is C20H22N4O. The topological polar surface area (TPSA) is 64.8 Å². The Balaban J connectivity index is 1.37. The highest BCUT2D eigenvalue weighted by Crippen LogP contribution is 2.31. The van der Waals surface area contributed by atoms with Gasteiger partial charge in [0.1, 0.15) is 5.82 Å². The summed E-state index contributed by atoms with van der Waals surface area (Å²) in [6.45, 7) is 2.52. The zero-order chi connectivity index (χ0) is 16.8. The molecule has 1 aliphatic heterocycles. The Bertz CT molecular complexity index is 950. The average molecular weight is 334 g/mol. The van der Waals surface area contributed by atoms with E-state index in [2.05, 4.69) is 45.2 Å². The smallest absolute Gasteiger partial charge is 0.254 e. The molecule has 0 unspecified atom stereocenters. The van der Waals surface area contributed by atoms with Gasteiger partial charge in [0.2, 0.25) is 0 Å². The van der Waals surface area contributed by atoms with E-state index >= 15 is 0 Å². The van der Waals surface area contributed by atoms with Crippen molar-refractivity contribution in [3.05, 3.63) is 63.5 Å². The lowest BCUT2D eigenvalue weighted by Gasteiger charge is -2.27. The molecule has 1 aromatic carbocycles. The highest BCUT2D eigenvalue weighted by molar-refractivity contribution is 5.80. The third-order valence-electron chi connectivity index (χ3n) is 5.36. The predicted octanol–water partition coefficient (Wildman–Crippen LogP) is 2.76. The zero-order valence-electron chi connectivity index (χ0n) is 14.2. The average Bonchev–Trinajstić information content (AvgIpc) is 3.31. The molecule has 1 fully saturated rings. The van der Waals surface area contributed by atoms with Crippen molar-refractivity contribution < 1.29 is 0 Å². The van der Waals surface area contributed by atoms with E-state index in [0.717, 1.165) is 55.5 Å². The molecule has 0 radical (unpaired) electrons. The fourth-order valence-corrected chi connectivity index (χ4v) is 3.83. The van der Waals surface area contributed by atoms with Crippen LogP contribution in [0.4, 0.5) is 0 Å². The molecule has 3 heterocycles. The van der Waals surface area contributed by atoms with Gasteiger partial charge in [-0.1, -0.05) is 18.2 Å². The van der Waals surface area contributed by atoms with E-state index in [0.29, 0.717) is 0 Å². The van der Waals surface area contributed by atoms with Gasteiger partial charge in [-0.2, -0.15) is 0 Å². The van der Waals surface area contributed by atoms with Crippen LogP contribution in [-0.4, -0.2) is 26.4 Å². The summed E-state index contributed by atoms with van der Waals surface area (Å²) in [4.78, 5) is 26.0. The van der Waals surface area contributed by atoms with Crippen LogP contribution in [0.3, 0.4) is 0 Å². The lowest BCUT2D eigenvalue weighted by atomic mass is 10.1. The zero-order valence-corrected chi connectivity index (χ0v) is 14.2. The number of H-pyrrole nitrogens is 2. The van der Waals surface area contributed by atoms with E-state index in [9.17, 15) is 4.79 Å². The first-order chi connectivity index (χ1) is 12.2. The molecule has 0 bridgehead atoms. The molecule has 2 aliphatic rings. The molecule has 3 aromatic rings. The Kier molecular flexibility index (Phi) is 3.48. The van der Waals surface area contributed by atoms with Gasteiger partial charge in [-0.3, -0.25) is 9.69 Å². The van der Waals surface area contributed by atoms with Crippen molar-refractivity contribution in [3.63, 3.8) is 0 Å². The van der Waals surface area contributed by atoms with Crippen LogP contribution in [0.25, 0.3) is 10.9 Å². The van der Waals surface area contributed by atoms with Crippen molar-refractivity contribution in [1.29, 1.82) is 0 Å². The van der Waals surface area contributed by atoms with Gasteiger partial charge in [0.05, 0.1) is 5.69 Å². The second-order valence-corrected chi connectivity index (χ2v) is 7.43. The lowest BCUT2D eigenvalue weighted by Crippen LogP contribution is -2.35. The quantitative estimate of drug-likeness (QED) is 0.771. The summed E-state index contributed by atoms with van der Waals surface area (Å²) in [6.07, 6.45) is 4.24. The van der Waals surface area contributed by atoms with E-state index in [4.69, 9.17) is 4.98 Å². The number of rotatable bonds is 4. The molecule has 5 nitrogen and oxygen atoms in total. The highest BCUT2D eigenvalue weighted by atomic mass is 16.1. The standard InChI is InChI=1S/C20H22N4O/c25-20-16-7-8-24(11-15-10-14-3-1-2-4-17(14)21-15)12-18(16)22-19(23-20)9-13-5-6-13/h1-4,10,13,21H,5-9,11-12H2,(H,22,23,25). The Labute approximate surface area is 146 Å². The largest absolute Gasteiger partial charge is 0.357 e. The number of nitrogens with zero attached hydrogens (tertiary/aromatic N) is 2. The Morgan fingerprint density at radius 3 is 2.92 bits per heavy atom. The molecule has 0 amide bonds. The van der Waals surface area contributed by atoms with Crippen LogP contribution in [0.2, 0.25) is 0 Å². The predicted molar refractivity (Wildman–Crippen MR) is 97.4 cm³/mol. The van der Waals surface area contributed by atoms with Gasteiger partial charge in [-0.05, 0) is 42.7 Å². The van der Waals surface area contributed by atoms with Crippen LogP contribution in [-0.2, 0) is 25.9 Å². The molecule has 1 aliphatic carbocycles. The number of benzene rings is 1. The Hall–Kier alpha value is -2.40. The summed E-state index contributed by atoms with van der Waals surface area (Å²) in [5, 5.41) is 1.25. The summed E-state index contributed by atoms with van der Waals surface area (Å²) in [5.41, 5.74) is 4.32. The van der Waals surface area contributed by atoms with Crippen molar-refractivity contribution in [1.82, 2.24) is 19.9 Å². The summed E-state index contributed by atoms with van der Waals surface area (Å²) in [5.74, 6) is 1.60. The molecule has 128 valence electrons. The number of aromatic amines is 2. The lowest BCUT2D eigenvalue weighted by molar-refractivity contribution is 0.237. The summed E-state index contributed by atoms with van der Waals surface area (Å²) in [7, 11) is 0. The maximum absolute atomic E-state index is 12.3. The first kappa shape index (κ1) is 14.9. The Morgan fingerprint density at radius 1 is 1.20 bits per heavy atom. The summed E-state index contributed by atoms with van der Waals surface area (Å²) >= 11 is 0. The molecule has 2 N–H and O–H groups in total. The van der Waals surface area contributed by atoms with Crippen LogP contribution >= 0.6 is 0 Å². The molecule has 1 saturated carbocycles. The van der Waals surface area contributed by atoms with Crippen molar-refractivity contribution in [2.75, 3.05) is 6.54 Å². The Morgan fingerprint density at radius 2 is 2.08 bits per heavy atom. The normalized spacial score (nSPS) is 17.8. The molecule has 5 heteroatoms. The number of fused-ring (bicyclic) bond motifs is 2. The van der Waals surface area contributed by atoms with Gasteiger partial charge in [0.15, 0.2) is 0 Å². The fraction of sp³-hybridized carbons (Fsp3) is 0.400. The first-order valence-corrected chi connectivity index (χ1v) is 9.14. The fourth-order valence-electron chi connectivity index (χ4n) is 3.83. The number of hydrogen-bond acceptors (Lipinski definition) is 3. The molecule has 5 rings (SSSR count). The molecule has 25 heavy (non-hydrogen) atoms. The maximum atomic E-state index is 12.3. The highest BCUT2D eigenvalue weighted by Gasteiger charge is 2.25. The van der Waals surface area contributed by atoms with Gasteiger partial charge in [0.25, 0.3) is 5.56 Å². The van der Waals surface area contributed by atoms with Gasteiger partial charge < -0.3 is 9.97 Å². The second kappa shape index (κ2) is 5.85. The van der Waals surface area contributed by atoms with Crippen LogP contribution in [0.5, 0.6) is 0 Å². The summed E-state index contributed by atoms with van der Waals surface area (Å²) < 4.78 is 0. The van der Waals surface area contributed by atoms with Crippen LogP contribution in [0, 0.1) is 5.92 Å². The molecule has 0 spiro atoms. The van der Waals surface area contributed by atoms with E-state index in [1.165, 1.54) is 29.4 Å². The number of nitrogens with one attached hydrogen (secondary N) is 2. The van der Waals surface area contributed by atoms with Crippen molar-refractivity contribution >= 4 is 10.9 Å². The SMILES string of the molecule is O=c1[nH]c(CC2CC2)nc2c1CCN(Cc1cc3ccccc3[nH]1)C2. The maximum Gasteiger partial charge on any atom is 0.254 e. The minimum atomic E-state index is 0.0749. The molecule has 2 aromatic heterocycles. The van der Waals surface area contributed by atoms with Crippen molar-refractivity contribution in [3.8, 4) is 0 Å². The van der Waals surface area contributed by atoms with E-state index < -0.39 is 0 Å².